The summed E-state index contributed by atoms with van der Waals surface area (Å²) in [6.07, 6.45) is 3.82. The third-order valence-corrected chi connectivity index (χ3v) is 3.75. The molecule has 0 amide bonds. The predicted octanol–water partition coefficient (Wildman–Crippen LogP) is 2.12. The number of hydrogen-bond acceptors (Lipinski definition) is 3. The molecule has 1 fully saturated rings. The highest BCUT2D eigenvalue weighted by molar-refractivity contribution is 4.84. The zero-order valence-electron chi connectivity index (χ0n) is 11.9. The molecule has 0 aliphatic carbocycles. The lowest BCUT2D eigenvalue weighted by Crippen LogP contribution is -2.50. The standard InChI is InChI=1S/C14H30N2O/c1-4-8-15-14-7-9-16(10-11-17-6-3)12-13(14)5-2/h13-15H,4-12H2,1-3H3. The second-order valence-corrected chi connectivity index (χ2v) is 5.02. The highest BCUT2D eigenvalue weighted by atomic mass is 16.5. The van der Waals surface area contributed by atoms with Crippen molar-refractivity contribution >= 4 is 0 Å². The van der Waals surface area contributed by atoms with Crippen LogP contribution in [0.15, 0.2) is 0 Å². The number of nitrogens with zero attached hydrogens (tertiary/aromatic N) is 1. The van der Waals surface area contributed by atoms with Crippen molar-refractivity contribution in [2.45, 2.75) is 46.1 Å². The molecular formula is C14H30N2O. The Kier molecular flexibility index (Phi) is 7.82. The van der Waals surface area contributed by atoms with E-state index in [4.69, 9.17) is 4.74 Å². The summed E-state index contributed by atoms with van der Waals surface area (Å²) in [5.74, 6) is 0.817. The van der Waals surface area contributed by atoms with Gasteiger partial charge < -0.3 is 15.0 Å². The summed E-state index contributed by atoms with van der Waals surface area (Å²) in [5, 5.41) is 3.70. The molecule has 1 heterocycles. The van der Waals surface area contributed by atoms with E-state index in [9.17, 15) is 0 Å². The Bertz CT molecular complexity index is 187. The summed E-state index contributed by atoms with van der Waals surface area (Å²) in [6.45, 7) is 13.1. The summed E-state index contributed by atoms with van der Waals surface area (Å²) >= 11 is 0. The fourth-order valence-corrected chi connectivity index (χ4v) is 2.66. The molecule has 17 heavy (non-hydrogen) atoms. The molecule has 0 radical (unpaired) electrons. The summed E-state index contributed by atoms with van der Waals surface area (Å²) in [7, 11) is 0. The van der Waals surface area contributed by atoms with Crippen LogP contribution in [-0.2, 0) is 4.74 Å². The van der Waals surface area contributed by atoms with Crippen molar-refractivity contribution in [2.75, 3.05) is 39.4 Å². The van der Waals surface area contributed by atoms with Gasteiger partial charge in [-0.25, -0.2) is 0 Å². The van der Waals surface area contributed by atoms with Crippen molar-refractivity contribution in [3.8, 4) is 0 Å². The van der Waals surface area contributed by atoms with E-state index in [-0.39, 0.29) is 0 Å². The SMILES string of the molecule is CCCNC1CCN(CCOCC)CC1CC. The van der Waals surface area contributed by atoms with Gasteiger partial charge in [-0.2, -0.15) is 0 Å². The van der Waals surface area contributed by atoms with E-state index in [1.807, 2.05) is 0 Å². The number of nitrogens with one attached hydrogen (secondary N) is 1. The molecule has 0 spiro atoms. The Balaban J connectivity index is 2.27. The van der Waals surface area contributed by atoms with E-state index in [0.717, 1.165) is 31.7 Å². The van der Waals surface area contributed by atoms with E-state index >= 15 is 0 Å². The van der Waals surface area contributed by atoms with E-state index in [2.05, 4.69) is 31.0 Å². The molecule has 0 saturated carbocycles. The van der Waals surface area contributed by atoms with Crippen LogP contribution < -0.4 is 5.32 Å². The Morgan fingerprint density at radius 3 is 2.76 bits per heavy atom. The molecule has 1 saturated heterocycles. The van der Waals surface area contributed by atoms with Gasteiger partial charge in [0.25, 0.3) is 0 Å². The van der Waals surface area contributed by atoms with Crippen molar-refractivity contribution in [2.24, 2.45) is 5.92 Å². The smallest absolute Gasteiger partial charge is 0.0593 e. The van der Waals surface area contributed by atoms with Gasteiger partial charge in [0, 0.05) is 25.7 Å². The van der Waals surface area contributed by atoms with Gasteiger partial charge in [0.15, 0.2) is 0 Å². The second-order valence-electron chi connectivity index (χ2n) is 5.02. The van der Waals surface area contributed by atoms with Gasteiger partial charge in [0.1, 0.15) is 0 Å². The van der Waals surface area contributed by atoms with Crippen molar-refractivity contribution < 1.29 is 4.74 Å². The van der Waals surface area contributed by atoms with Crippen LogP contribution >= 0.6 is 0 Å². The minimum absolute atomic E-state index is 0.739. The number of hydrogen-bond donors (Lipinski definition) is 1. The van der Waals surface area contributed by atoms with Crippen molar-refractivity contribution in [3.63, 3.8) is 0 Å². The van der Waals surface area contributed by atoms with Crippen LogP contribution in [0.2, 0.25) is 0 Å². The van der Waals surface area contributed by atoms with Crippen LogP contribution in [0.5, 0.6) is 0 Å². The third-order valence-electron chi connectivity index (χ3n) is 3.75. The summed E-state index contributed by atoms with van der Waals surface area (Å²) in [5.41, 5.74) is 0. The molecule has 1 rings (SSSR count). The van der Waals surface area contributed by atoms with Crippen molar-refractivity contribution in [1.29, 1.82) is 0 Å². The maximum absolute atomic E-state index is 5.44. The summed E-state index contributed by atoms with van der Waals surface area (Å²) in [6, 6.07) is 0.739. The molecule has 1 aliphatic heterocycles. The first-order valence-electron chi connectivity index (χ1n) is 7.35. The van der Waals surface area contributed by atoms with Crippen LogP contribution in [0, 0.1) is 5.92 Å². The van der Waals surface area contributed by atoms with E-state index in [0.29, 0.717) is 0 Å². The average molecular weight is 242 g/mol. The first-order valence-corrected chi connectivity index (χ1v) is 7.35. The molecule has 1 aliphatic rings. The van der Waals surface area contributed by atoms with Gasteiger partial charge in [0.2, 0.25) is 0 Å². The Labute approximate surface area is 107 Å². The van der Waals surface area contributed by atoms with E-state index in [1.165, 1.54) is 38.9 Å². The fraction of sp³-hybridized carbons (Fsp3) is 1.00. The molecular weight excluding hydrogens is 212 g/mol. The van der Waals surface area contributed by atoms with Crippen LogP contribution in [0.4, 0.5) is 0 Å². The normalized spacial score (nSPS) is 26.3. The predicted molar refractivity (Wildman–Crippen MR) is 73.4 cm³/mol. The van der Waals surface area contributed by atoms with Gasteiger partial charge in [-0.3, -0.25) is 0 Å². The molecule has 102 valence electrons. The van der Waals surface area contributed by atoms with E-state index in [1.54, 1.807) is 0 Å². The lowest BCUT2D eigenvalue weighted by Gasteiger charge is -2.38. The lowest BCUT2D eigenvalue weighted by atomic mass is 9.90. The Morgan fingerprint density at radius 2 is 2.12 bits per heavy atom. The minimum Gasteiger partial charge on any atom is -0.380 e. The molecule has 2 atom stereocenters. The molecule has 0 bridgehead atoms. The Hall–Kier alpha value is -0.120. The Morgan fingerprint density at radius 1 is 1.29 bits per heavy atom. The molecule has 0 aromatic carbocycles. The molecule has 3 nitrogen and oxygen atoms in total. The van der Waals surface area contributed by atoms with E-state index < -0.39 is 0 Å². The summed E-state index contributed by atoms with van der Waals surface area (Å²) in [4.78, 5) is 2.56. The van der Waals surface area contributed by atoms with Gasteiger partial charge >= 0.3 is 0 Å². The zero-order valence-corrected chi connectivity index (χ0v) is 11.9. The zero-order chi connectivity index (χ0) is 12.5. The largest absolute Gasteiger partial charge is 0.380 e. The average Bonchev–Trinajstić information content (AvgIpc) is 2.37. The lowest BCUT2D eigenvalue weighted by molar-refractivity contribution is 0.0791. The van der Waals surface area contributed by atoms with Crippen LogP contribution in [0.1, 0.15) is 40.0 Å². The van der Waals surface area contributed by atoms with Gasteiger partial charge in [-0.15, -0.1) is 0 Å². The minimum atomic E-state index is 0.739. The second kappa shape index (κ2) is 8.90. The molecule has 3 heteroatoms. The molecule has 2 unspecified atom stereocenters. The fourth-order valence-electron chi connectivity index (χ4n) is 2.66. The third kappa shape index (κ3) is 5.36. The van der Waals surface area contributed by atoms with Gasteiger partial charge in [0.05, 0.1) is 6.61 Å². The highest BCUT2D eigenvalue weighted by Crippen LogP contribution is 2.20. The quantitative estimate of drug-likeness (QED) is 0.660. The highest BCUT2D eigenvalue weighted by Gasteiger charge is 2.26. The van der Waals surface area contributed by atoms with Crippen LogP contribution in [-0.4, -0.2) is 50.3 Å². The number of likely N-dealkylation sites (tertiary alicyclic amines) is 1. The number of piperidine rings is 1. The number of rotatable bonds is 8. The monoisotopic (exact) mass is 242 g/mol. The maximum atomic E-state index is 5.44. The molecule has 1 N–H and O–H groups in total. The van der Waals surface area contributed by atoms with Crippen LogP contribution in [0.3, 0.4) is 0 Å². The topological polar surface area (TPSA) is 24.5 Å². The first-order chi connectivity index (χ1) is 8.31. The van der Waals surface area contributed by atoms with Crippen LogP contribution in [0.25, 0.3) is 0 Å². The van der Waals surface area contributed by atoms with Crippen molar-refractivity contribution in [3.05, 3.63) is 0 Å². The van der Waals surface area contributed by atoms with Gasteiger partial charge in [-0.05, 0) is 38.8 Å². The summed E-state index contributed by atoms with van der Waals surface area (Å²) < 4.78 is 5.44. The molecule has 0 aromatic heterocycles. The number of ether oxygens (including phenoxy) is 1. The first kappa shape index (κ1) is 14.9. The van der Waals surface area contributed by atoms with Gasteiger partial charge in [-0.1, -0.05) is 20.3 Å². The maximum Gasteiger partial charge on any atom is 0.0593 e. The molecule has 0 aromatic rings. The van der Waals surface area contributed by atoms with Crippen molar-refractivity contribution in [1.82, 2.24) is 10.2 Å².